The largest absolute Gasteiger partial charge is 0.495 e. The Labute approximate surface area is 148 Å². The van der Waals surface area contributed by atoms with Gasteiger partial charge in [0.05, 0.1) is 24.7 Å². The average Bonchev–Trinajstić information content (AvgIpc) is 3.10. The Morgan fingerprint density at radius 1 is 1.24 bits per heavy atom. The number of hydrogen-bond donors (Lipinski definition) is 1. The first-order valence-electron chi connectivity index (χ1n) is 7.43. The van der Waals surface area contributed by atoms with Crippen LogP contribution >= 0.6 is 11.8 Å². The average molecular weight is 358 g/mol. The topological polar surface area (TPSA) is 64.4 Å². The molecule has 7 heteroatoms. The number of nitrogens with one attached hydrogen (secondary N) is 1. The van der Waals surface area contributed by atoms with Crippen LogP contribution in [0.3, 0.4) is 0 Å². The molecule has 0 aliphatic rings. The number of para-hydroxylation sites is 2. The predicted octanol–water partition coefficient (Wildman–Crippen LogP) is 4.22. The lowest BCUT2D eigenvalue weighted by atomic mass is 10.2. The van der Waals surface area contributed by atoms with Crippen molar-refractivity contribution in [2.75, 3.05) is 18.2 Å². The lowest BCUT2D eigenvalue weighted by Gasteiger charge is -2.08. The predicted molar refractivity (Wildman–Crippen MR) is 94.2 cm³/mol. The number of carbonyl (C=O) groups is 1. The summed E-state index contributed by atoms with van der Waals surface area (Å²) < 4.78 is 23.7. The standard InChI is InChI=1S/C18H15FN2O3S/c1-23-15-5-3-2-4-14(15)21-17(22)11-25-18-20-10-16(24-18)12-6-8-13(19)9-7-12/h2-10H,11H2,1H3,(H,21,22). The van der Waals surface area contributed by atoms with Crippen molar-refractivity contribution < 1.29 is 18.3 Å². The fraction of sp³-hybridized carbons (Fsp3) is 0.111. The van der Waals surface area contributed by atoms with E-state index in [1.54, 1.807) is 37.6 Å². The maximum atomic E-state index is 12.9. The van der Waals surface area contributed by atoms with Crippen LogP contribution < -0.4 is 10.1 Å². The zero-order chi connectivity index (χ0) is 17.6. The molecule has 0 aliphatic heterocycles. The number of halogens is 1. The highest BCUT2D eigenvalue weighted by molar-refractivity contribution is 7.99. The molecule has 1 N–H and O–H groups in total. The van der Waals surface area contributed by atoms with Crippen LogP contribution in [-0.2, 0) is 4.79 Å². The van der Waals surface area contributed by atoms with Crippen molar-refractivity contribution in [3.05, 3.63) is 60.5 Å². The summed E-state index contributed by atoms with van der Waals surface area (Å²) in [4.78, 5) is 16.2. The summed E-state index contributed by atoms with van der Waals surface area (Å²) in [6.07, 6.45) is 1.55. The molecule has 3 aromatic rings. The summed E-state index contributed by atoms with van der Waals surface area (Å²) in [6.45, 7) is 0. The van der Waals surface area contributed by atoms with E-state index in [0.29, 0.717) is 22.4 Å². The minimum atomic E-state index is -0.314. The van der Waals surface area contributed by atoms with E-state index >= 15 is 0 Å². The van der Waals surface area contributed by atoms with Gasteiger partial charge in [-0.25, -0.2) is 9.37 Å². The Morgan fingerprint density at radius 3 is 2.76 bits per heavy atom. The lowest BCUT2D eigenvalue weighted by molar-refractivity contribution is -0.113. The van der Waals surface area contributed by atoms with Gasteiger partial charge >= 0.3 is 0 Å². The molecule has 25 heavy (non-hydrogen) atoms. The van der Waals surface area contributed by atoms with E-state index in [4.69, 9.17) is 9.15 Å². The van der Waals surface area contributed by atoms with E-state index in [1.807, 2.05) is 12.1 Å². The van der Waals surface area contributed by atoms with E-state index in [1.165, 1.54) is 23.9 Å². The molecular formula is C18H15FN2O3S. The molecule has 2 aromatic carbocycles. The Balaban J connectivity index is 1.58. The first kappa shape index (κ1) is 17.0. The van der Waals surface area contributed by atoms with Crippen molar-refractivity contribution in [1.29, 1.82) is 0 Å². The smallest absolute Gasteiger partial charge is 0.256 e. The molecule has 1 heterocycles. The molecule has 5 nitrogen and oxygen atoms in total. The number of aromatic nitrogens is 1. The summed E-state index contributed by atoms with van der Waals surface area (Å²) in [5, 5.41) is 3.15. The van der Waals surface area contributed by atoms with Crippen LogP contribution in [0.25, 0.3) is 11.3 Å². The fourth-order valence-electron chi connectivity index (χ4n) is 2.13. The van der Waals surface area contributed by atoms with Crippen molar-refractivity contribution in [3.8, 4) is 17.1 Å². The molecular weight excluding hydrogens is 343 g/mol. The maximum Gasteiger partial charge on any atom is 0.256 e. The van der Waals surface area contributed by atoms with Gasteiger partial charge in [-0.15, -0.1) is 0 Å². The molecule has 0 unspecified atom stereocenters. The molecule has 0 spiro atoms. The number of amides is 1. The number of hydrogen-bond acceptors (Lipinski definition) is 5. The first-order valence-corrected chi connectivity index (χ1v) is 8.41. The summed E-state index contributed by atoms with van der Waals surface area (Å²) in [5.74, 6) is 0.742. The van der Waals surface area contributed by atoms with Gasteiger partial charge in [0.1, 0.15) is 11.6 Å². The van der Waals surface area contributed by atoms with Crippen molar-refractivity contribution in [3.63, 3.8) is 0 Å². The third-order valence-corrected chi connectivity index (χ3v) is 4.16. The van der Waals surface area contributed by atoms with Crippen molar-refractivity contribution >= 4 is 23.4 Å². The number of carbonyl (C=O) groups excluding carboxylic acids is 1. The highest BCUT2D eigenvalue weighted by Gasteiger charge is 2.11. The van der Waals surface area contributed by atoms with Crippen LogP contribution in [0.4, 0.5) is 10.1 Å². The molecule has 0 saturated carbocycles. The normalized spacial score (nSPS) is 10.5. The Hall–Kier alpha value is -2.80. The van der Waals surface area contributed by atoms with E-state index < -0.39 is 0 Å². The van der Waals surface area contributed by atoms with Crippen LogP contribution in [0.5, 0.6) is 5.75 Å². The molecule has 0 radical (unpaired) electrons. The number of anilines is 1. The lowest BCUT2D eigenvalue weighted by Crippen LogP contribution is -2.14. The highest BCUT2D eigenvalue weighted by Crippen LogP contribution is 2.27. The minimum Gasteiger partial charge on any atom is -0.495 e. The quantitative estimate of drug-likeness (QED) is 0.669. The number of nitrogens with zero attached hydrogens (tertiary/aromatic N) is 1. The summed E-state index contributed by atoms with van der Waals surface area (Å²) in [5.41, 5.74) is 1.33. The Morgan fingerprint density at radius 2 is 2.00 bits per heavy atom. The van der Waals surface area contributed by atoms with Gasteiger partial charge in [-0.1, -0.05) is 23.9 Å². The Kier molecular flexibility index (Phi) is 5.35. The van der Waals surface area contributed by atoms with Crippen LogP contribution in [0.15, 0.2) is 64.4 Å². The van der Waals surface area contributed by atoms with E-state index in [0.717, 1.165) is 5.56 Å². The van der Waals surface area contributed by atoms with Crippen molar-refractivity contribution in [2.45, 2.75) is 5.22 Å². The summed E-state index contributed by atoms with van der Waals surface area (Å²) >= 11 is 1.18. The highest BCUT2D eigenvalue weighted by atomic mass is 32.2. The van der Waals surface area contributed by atoms with Gasteiger partial charge < -0.3 is 14.5 Å². The molecule has 0 saturated heterocycles. The fourth-order valence-corrected chi connectivity index (χ4v) is 2.74. The van der Waals surface area contributed by atoms with E-state index in [2.05, 4.69) is 10.3 Å². The van der Waals surface area contributed by atoms with Gasteiger partial charge in [-0.3, -0.25) is 4.79 Å². The zero-order valence-corrected chi connectivity index (χ0v) is 14.2. The van der Waals surface area contributed by atoms with Crippen LogP contribution in [0.1, 0.15) is 0 Å². The number of oxazole rings is 1. The number of thioether (sulfide) groups is 1. The Bertz CT molecular complexity index is 865. The number of benzene rings is 2. The van der Waals surface area contributed by atoms with Gasteiger partial charge in [-0.2, -0.15) is 0 Å². The molecule has 0 aliphatic carbocycles. The van der Waals surface area contributed by atoms with E-state index in [9.17, 15) is 9.18 Å². The second-order valence-corrected chi connectivity index (χ2v) is 5.96. The van der Waals surface area contributed by atoms with Crippen LogP contribution in [0.2, 0.25) is 0 Å². The molecule has 0 fully saturated rings. The second kappa shape index (κ2) is 7.85. The molecule has 0 bridgehead atoms. The molecule has 1 aromatic heterocycles. The minimum absolute atomic E-state index is 0.140. The summed E-state index contributed by atoms with van der Waals surface area (Å²) in [7, 11) is 1.55. The number of rotatable bonds is 6. The third-order valence-electron chi connectivity index (χ3n) is 3.32. The van der Waals surface area contributed by atoms with Crippen molar-refractivity contribution in [2.24, 2.45) is 0 Å². The number of ether oxygens (including phenoxy) is 1. The first-order chi connectivity index (χ1) is 12.2. The summed E-state index contributed by atoms with van der Waals surface area (Å²) in [6, 6.07) is 13.1. The van der Waals surface area contributed by atoms with Gasteiger partial charge in [0, 0.05) is 5.56 Å². The second-order valence-electron chi connectivity index (χ2n) is 5.03. The molecule has 0 atom stereocenters. The van der Waals surface area contributed by atoms with E-state index in [-0.39, 0.29) is 17.5 Å². The number of methoxy groups -OCH3 is 1. The maximum absolute atomic E-state index is 12.9. The molecule has 1 amide bonds. The molecule has 128 valence electrons. The third kappa shape index (κ3) is 4.39. The monoisotopic (exact) mass is 358 g/mol. The van der Waals surface area contributed by atoms with Gasteiger partial charge in [0.25, 0.3) is 5.22 Å². The van der Waals surface area contributed by atoms with Crippen LogP contribution in [-0.4, -0.2) is 23.8 Å². The van der Waals surface area contributed by atoms with Crippen molar-refractivity contribution in [1.82, 2.24) is 4.98 Å². The van der Waals surface area contributed by atoms with Gasteiger partial charge in [0.15, 0.2) is 5.76 Å². The zero-order valence-electron chi connectivity index (χ0n) is 13.4. The van der Waals surface area contributed by atoms with Gasteiger partial charge in [-0.05, 0) is 36.4 Å². The molecule has 3 rings (SSSR count). The van der Waals surface area contributed by atoms with Crippen LogP contribution in [0, 0.1) is 5.82 Å². The SMILES string of the molecule is COc1ccccc1NC(=O)CSc1ncc(-c2ccc(F)cc2)o1. The van der Waals surface area contributed by atoms with Gasteiger partial charge in [0.2, 0.25) is 5.91 Å².